The van der Waals surface area contributed by atoms with E-state index in [9.17, 15) is 5.11 Å². The first-order chi connectivity index (χ1) is 16.6. The molecule has 36 heavy (non-hydrogen) atoms. The Kier molecular flexibility index (Phi) is 8.12. The summed E-state index contributed by atoms with van der Waals surface area (Å²) in [6.45, 7) is 24.8. The van der Waals surface area contributed by atoms with Crippen LogP contribution in [0.4, 0.5) is 0 Å². The first-order valence-electron chi connectivity index (χ1n) is 15.7. The molecule has 4 aliphatic carbocycles. The first kappa shape index (κ1) is 28.9. The number of rotatable bonds is 7. The smallest absolute Gasteiger partial charge is 0.192 e. The van der Waals surface area contributed by atoms with E-state index >= 15 is 0 Å². The van der Waals surface area contributed by atoms with E-state index < -0.39 is 8.32 Å². The highest BCUT2D eigenvalue weighted by Gasteiger charge is 2.62. The van der Waals surface area contributed by atoms with Gasteiger partial charge in [-0.15, -0.1) is 0 Å². The van der Waals surface area contributed by atoms with Gasteiger partial charge in [0.25, 0.3) is 0 Å². The topological polar surface area (TPSA) is 29.5 Å². The molecule has 3 heteroatoms. The minimum atomic E-state index is -1.84. The van der Waals surface area contributed by atoms with Gasteiger partial charge in [0.2, 0.25) is 0 Å². The lowest BCUT2D eigenvalue weighted by Gasteiger charge is -2.58. The van der Waals surface area contributed by atoms with Gasteiger partial charge >= 0.3 is 0 Å². The van der Waals surface area contributed by atoms with Crippen LogP contribution in [0.15, 0.2) is 11.6 Å². The fourth-order valence-corrected chi connectivity index (χ4v) is 10.7. The molecule has 0 saturated heterocycles. The largest absolute Gasteiger partial charge is 0.414 e. The highest BCUT2D eigenvalue weighted by molar-refractivity contribution is 6.74. The zero-order valence-electron chi connectivity index (χ0n) is 25.6. The Morgan fingerprint density at radius 1 is 1.06 bits per heavy atom. The maximum atomic E-state index is 10.4. The van der Waals surface area contributed by atoms with Gasteiger partial charge in [0.15, 0.2) is 8.32 Å². The summed E-state index contributed by atoms with van der Waals surface area (Å²) in [5.41, 5.74) is 2.32. The standard InChI is InChI=1S/C33H60O2Si/c1-22(2)12-11-13-23(3)30-29(35-36(9,10)31(4,5)6)21-28-26-15-14-24-20-25(34)16-18-32(24,7)27(26)17-19-33(28,30)8/h14,22-23,25-30,34H,11-13,15-21H2,1-10H3/t23-,25+,26?,27?,28?,29+,30+,32+,33+/m1/s1. The summed E-state index contributed by atoms with van der Waals surface area (Å²) in [5.74, 6) is 4.61. The van der Waals surface area contributed by atoms with Crippen molar-refractivity contribution in [2.75, 3.05) is 0 Å². The highest BCUT2D eigenvalue weighted by atomic mass is 28.4. The molecule has 3 unspecified atom stereocenters. The van der Waals surface area contributed by atoms with E-state index in [1.807, 2.05) is 0 Å². The van der Waals surface area contributed by atoms with E-state index in [2.05, 4.69) is 74.6 Å². The van der Waals surface area contributed by atoms with Gasteiger partial charge < -0.3 is 9.53 Å². The number of aliphatic hydroxyl groups is 1. The van der Waals surface area contributed by atoms with E-state index in [1.54, 1.807) is 5.57 Å². The maximum Gasteiger partial charge on any atom is 0.192 e. The second-order valence-electron chi connectivity index (χ2n) is 16.2. The van der Waals surface area contributed by atoms with Crippen molar-refractivity contribution in [2.45, 2.75) is 150 Å². The molecule has 208 valence electrons. The predicted molar refractivity (Wildman–Crippen MR) is 157 cm³/mol. The third kappa shape index (κ3) is 5.08. The normalized spacial score (nSPS) is 41.9. The summed E-state index contributed by atoms with van der Waals surface area (Å²) in [6, 6.07) is 0. The van der Waals surface area contributed by atoms with Gasteiger partial charge in [-0.2, -0.15) is 0 Å². The number of aliphatic hydroxyl groups excluding tert-OH is 1. The van der Waals surface area contributed by atoms with Gasteiger partial charge in [-0.3, -0.25) is 0 Å². The van der Waals surface area contributed by atoms with E-state index in [0.29, 0.717) is 22.9 Å². The van der Waals surface area contributed by atoms with Gasteiger partial charge in [-0.05, 0) is 109 Å². The predicted octanol–water partition coefficient (Wildman–Crippen LogP) is 9.39. The Labute approximate surface area is 225 Å². The Morgan fingerprint density at radius 3 is 2.39 bits per heavy atom. The van der Waals surface area contributed by atoms with E-state index in [0.717, 1.165) is 42.4 Å². The van der Waals surface area contributed by atoms with Crippen LogP contribution in [-0.2, 0) is 4.43 Å². The first-order valence-corrected chi connectivity index (χ1v) is 18.6. The van der Waals surface area contributed by atoms with Crippen LogP contribution in [0.5, 0.6) is 0 Å². The Balaban J connectivity index is 1.64. The lowest BCUT2D eigenvalue weighted by atomic mass is 9.47. The molecule has 1 N–H and O–H groups in total. The van der Waals surface area contributed by atoms with Crippen molar-refractivity contribution in [1.29, 1.82) is 0 Å². The van der Waals surface area contributed by atoms with Crippen molar-refractivity contribution in [3.63, 3.8) is 0 Å². The fourth-order valence-electron chi connectivity index (χ4n) is 9.39. The van der Waals surface area contributed by atoms with Gasteiger partial charge in [0.1, 0.15) is 0 Å². The Bertz CT molecular complexity index is 809. The second-order valence-corrected chi connectivity index (χ2v) is 20.9. The second kappa shape index (κ2) is 10.1. The molecule has 0 aromatic rings. The van der Waals surface area contributed by atoms with Crippen LogP contribution < -0.4 is 0 Å². The molecule has 0 aromatic carbocycles. The molecule has 0 bridgehead atoms. The minimum absolute atomic E-state index is 0.111. The molecule has 0 amide bonds. The maximum absolute atomic E-state index is 10.4. The van der Waals surface area contributed by atoms with Crippen molar-refractivity contribution in [2.24, 2.45) is 46.3 Å². The highest BCUT2D eigenvalue weighted by Crippen LogP contribution is 2.68. The number of hydrogen-bond donors (Lipinski definition) is 1. The van der Waals surface area contributed by atoms with E-state index in [4.69, 9.17) is 4.43 Å². The zero-order valence-corrected chi connectivity index (χ0v) is 26.6. The molecule has 0 aliphatic heterocycles. The molecule has 0 heterocycles. The lowest BCUT2D eigenvalue weighted by Crippen LogP contribution is -2.51. The molecule has 4 rings (SSSR count). The molecule has 0 aromatic heterocycles. The molecule has 3 saturated carbocycles. The monoisotopic (exact) mass is 516 g/mol. The van der Waals surface area contributed by atoms with Crippen LogP contribution in [0, 0.1) is 46.3 Å². The van der Waals surface area contributed by atoms with Crippen LogP contribution in [0.3, 0.4) is 0 Å². The number of hydrogen-bond acceptors (Lipinski definition) is 2. The van der Waals surface area contributed by atoms with Crippen LogP contribution in [0.25, 0.3) is 0 Å². The van der Waals surface area contributed by atoms with E-state index in [-0.39, 0.29) is 11.1 Å². The van der Waals surface area contributed by atoms with Crippen molar-refractivity contribution >= 4 is 8.32 Å². The van der Waals surface area contributed by atoms with Crippen LogP contribution >= 0.6 is 0 Å². The fraction of sp³-hybridized carbons (Fsp3) is 0.939. The third-order valence-electron chi connectivity index (χ3n) is 12.5. The molecular formula is C33H60O2Si. The van der Waals surface area contributed by atoms with Crippen molar-refractivity contribution in [3.8, 4) is 0 Å². The Morgan fingerprint density at radius 2 is 1.75 bits per heavy atom. The molecular weight excluding hydrogens is 456 g/mol. The summed E-state index contributed by atoms with van der Waals surface area (Å²) in [7, 11) is -1.84. The van der Waals surface area contributed by atoms with Gasteiger partial charge in [-0.1, -0.05) is 86.3 Å². The molecule has 2 nitrogen and oxygen atoms in total. The summed E-state index contributed by atoms with van der Waals surface area (Å²) in [6.07, 6.45) is 15.4. The van der Waals surface area contributed by atoms with Gasteiger partial charge in [-0.25, -0.2) is 0 Å². The molecule has 4 aliphatic rings. The summed E-state index contributed by atoms with van der Waals surface area (Å²) < 4.78 is 7.40. The molecule has 3 fully saturated rings. The summed E-state index contributed by atoms with van der Waals surface area (Å²) in [4.78, 5) is 0. The average Bonchev–Trinajstić information content (AvgIpc) is 3.04. The van der Waals surface area contributed by atoms with Crippen LogP contribution in [-0.4, -0.2) is 25.6 Å². The van der Waals surface area contributed by atoms with Crippen molar-refractivity contribution in [3.05, 3.63) is 11.6 Å². The van der Waals surface area contributed by atoms with Crippen LogP contribution in [0.2, 0.25) is 18.1 Å². The quantitative estimate of drug-likeness (QED) is 0.270. The summed E-state index contributed by atoms with van der Waals surface area (Å²) in [5, 5.41) is 10.7. The SMILES string of the molecule is CC(C)CCC[C@@H](C)[C@H]1[C@@H](O[Si](C)(C)C(C)(C)C)CC2C3CC=C4C[C@@H](O)CC[C@]4(C)C3CC[C@@]21C. The molecule has 0 radical (unpaired) electrons. The summed E-state index contributed by atoms with van der Waals surface area (Å²) >= 11 is 0. The lowest BCUT2D eigenvalue weighted by molar-refractivity contribution is -0.0614. The van der Waals surface area contributed by atoms with Crippen LogP contribution in [0.1, 0.15) is 120 Å². The number of fused-ring (bicyclic) bond motifs is 5. The molecule has 0 spiro atoms. The Hall–Kier alpha value is -0.123. The van der Waals surface area contributed by atoms with E-state index in [1.165, 1.54) is 51.4 Å². The van der Waals surface area contributed by atoms with Gasteiger partial charge in [0.05, 0.1) is 6.10 Å². The van der Waals surface area contributed by atoms with Crippen molar-refractivity contribution in [1.82, 2.24) is 0 Å². The minimum Gasteiger partial charge on any atom is -0.414 e. The van der Waals surface area contributed by atoms with Gasteiger partial charge in [0, 0.05) is 6.10 Å². The average molecular weight is 517 g/mol. The molecule has 9 atom stereocenters. The third-order valence-corrected chi connectivity index (χ3v) is 17.0. The zero-order chi connectivity index (χ0) is 26.7. The van der Waals surface area contributed by atoms with Crippen molar-refractivity contribution < 1.29 is 9.53 Å². The number of allylic oxidation sites excluding steroid dienone is 1.